The number of non-ortho nitro benzene ring substituents is 1. The van der Waals surface area contributed by atoms with E-state index in [4.69, 9.17) is 0 Å². The van der Waals surface area contributed by atoms with E-state index in [2.05, 4.69) is 10.3 Å². The summed E-state index contributed by atoms with van der Waals surface area (Å²) in [6, 6.07) is 16.2. The molecule has 104 valence electrons. The third kappa shape index (κ3) is 2.94. The van der Waals surface area contributed by atoms with Crippen LogP contribution in [0.15, 0.2) is 60.8 Å². The highest BCUT2D eigenvalue weighted by Gasteiger charge is 2.06. The Morgan fingerprint density at radius 3 is 2.43 bits per heavy atom. The van der Waals surface area contributed by atoms with E-state index >= 15 is 0 Å². The van der Waals surface area contributed by atoms with Gasteiger partial charge in [0.1, 0.15) is 5.69 Å². The van der Waals surface area contributed by atoms with Crippen LogP contribution in [-0.2, 0) is 6.54 Å². The van der Waals surface area contributed by atoms with Gasteiger partial charge in [-0.1, -0.05) is 47.7 Å². The maximum absolute atomic E-state index is 10.6. The Hall–Kier alpha value is -3.02. The summed E-state index contributed by atoms with van der Waals surface area (Å²) in [6.45, 7) is 0.526. The van der Waals surface area contributed by atoms with Crippen LogP contribution in [0, 0.1) is 10.1 Å². The lowest BCUT2D eigenvalue weighted by molar-refractivity contribution is -0.384. The summed E-state index contributed by atoms with van der Waals surface area (Å²) in [4.78, 5) is 10.2. The molecule has 6 heteroatoms. The molecule has 0 amide bonds. The van der Waals surface area contributed by atoms with Crippen LogP contribution in [0.1, 0.15) is 5.56 Å². The van der Waals surface area contributed by atoms with Crippen LogP contribution in [0.5, 0.6) is 0 Å². The molecule has 1 aromatic heterocycles. The Balaban J connectivity index is 1.77. The van der Waals surface area contributed by atoms with Crippen LogP contribution >= 0.6 is 0 Å². The van der Waals surface area contributed by atoms with Crippen LogP contribution < -0.4 is 0 Å². The fraction of sp³-hybridized carbons (Fsp3) is 0.0667. The number of nitrogens with zero attached hydrogens (tertiary/aromatic N) is 4. The number of hydrogen-bond acceptors (Lipinski definition) is 4. The average molecular weight is 280 g/mol. The quantitative estimate of drug-likeness (QED) is 0.544. The topological polar surface area (TPSA) is 73.8 Å². The molecular formula is C15H12N4O2. The SMILES string of the molecule is O=[N+]([O-])c1ccc(Cn2cc(-c3ccccc3)nn2)cc1. The lowest BCUT2D eigenvalue weighted by Gasteiger charge is -2.00. The minimum atomic E-state index is -0.410. The monoisotopic (exact) mass is 280 g/mol. The van der Waals surface area contributed by atoms with Crippen molar-refractivity contribution < 1.29 is 4.92 Å². The second-order valence-corrected chi connectivity index (χ2v) is 4.59. The van der Waals surface area contributed by atoms with Gasteiger partial charge in [-0.25, -0.2) is 4.68 Å². The van der Waals surface area contributed by atoms with Crippen LogP contribution in [-0.4, -0.2) is 19.9 Å². The molecule has 0 aliphatic rings. The summed E-state index contributed by atoms with van der Waals surface area (Å²) in [5, 5.41) is 18.8. The fourth-order valence-corrected chi connectivity index (χ4v) is 2.03. The van der Waals surface area contributed by atoms with Gasteiger partial charge in [0.15, 0.2) is 0 Å². The zero-order chi connectivity index (χ0) is 14.7. The first kappa shape index (κ1) is 13.0. The van der Waals surface area contributed by atoms with E-state index in [0.29, 0.717) is 6.54 Å². The summed E-state index contributed by atoms with van der Waals surface area (Å²) in [5.41, 5.74) is 2.83. The molecule has 0 saturated heterocycles. The summed E-state index contributed by atoms with van der Waals surface area (Å²) >= 11 is 0. The summed E-state index contributed by atoms with van der Waals surface area (Å²) in [6.07, 6.45) is 1.86. The first-order chi connectivity index (χ1) is 10.2. The van der Waals surface area contributed by atoms with E-state index in [1.165, 1.54) is 12.1 Å². The van der Waals surface area contributed by atoms with Crippen LogP contribution in [0.2, 0.25) is 0 Å². The van der Waals surface area contributed by atoms with Crippen molar-refractivity contribution in [1.82, 2.24) is 15.0 Å². The normalized spacial score (nSPS) is 10.5. The van der Waals surface area contributed by atoms with E-state index in [1.54, 1.807) is 16.8 Å². The first-order valence-electron chi connectivity index (χ1n) is 6.41. The zero-order valence-corrected chi connectivity index (χ0v) is 11.1. The highest BCUT2D eigenvalue weighted by atomic mass is 16.6. The second-order valence-electron chi connectivity index (χ2n) is 4.59. The predicted molar refractivity (Wildman–Crippen MR) is 77.7 cm³/mol. The maximum atomic E-state index is 10.6. The summed E-state index contributed by atoms with van der Waals surface area (Å²) in [5.74, 6) is 0. The standard InChI is InChI=1S/C15H12N4O2/c20-19(21)14-8-6-12(7-9-14)10-18-11-15(16-17-18)13-4-2-1-3-5-13/h1-9,11H,10H2. The Morgan fingerprint density at radius 2 is 1.76 bits per heavy atom. The Bertz CT molecular complexity index is 751. The maximum Gasteiger partial charge on any atom is 0.269 e. The largest absolute Gasteiger partial charge is 0.269 e. The predicted octanol–water partition coefficient (Wildman–Crippen LogP) is 2.90. The summed E-state index contributed by atoms with van der Waals surface area (Å²) in [7, 11) is 0. The molecule has 0 bridgehead atoms. The minimum absolute atomic E-state index is 0.0855. The third-order valence-corrected chi connectivity index (χ3v) is 3.10. The molecule has 0 fully saturated rings. The second kappa shape index (κ2) is 5.54. The van der Waals surface area contributed by atoms with E-state index in [-0.39, 0.29) is 5.69 Å². The van der Waals surface area contributed by atoms with Gasteiger partial charge in [-0.05, 0) is 5.56 Å². The molecule has 21 heavy (non-hydrogen) atoms. The molecule has 0 radical (unpaired) electrons. The van der Waals surface area contributed by atoms with Gasteiger partial charge in [-0.3, -0.25) is 10.1 Å². The molecule has 0 spiro atoms. The van der Waals surface area contributed by atoms with Crippen molar-refractivity contribution in [3.05, 3.63) is 76.5 Å². The Morgan fingerprint density at radius 1 is 1.05 bits per heavy atom. The van der Waals surface area contributed by atoms with E-state index in [1.807, 2.05) is 36.5 Å². The molecule has 3 aromatic rings. The van der Waals surface area contributed by atoms with Crippen molar-refractivity contribution in [1.29, 1.82) is 0 Å². The highest BCUT2D eigenvalue weighted by molar-refractivity contribution is 5.57. The molecule has 6 nitrogen and oxygen atoms in total. The number of nitro benzene ring substituents is 1. The first-order valence-corrected chi connectivity index (χ1v) is 6.41. The molecule has 0 atom stereocenters. The van der Waals surface area contributed by atoms with Gasteiger partial charge in [-0.2, -0.15) is 0 Å². The van der Waals surface area contributed by atoms with Gasteiger partial charge in [0, 0.05) is 17.7 Å². The van der Waals surface area contributed by atoms with Crippen molar-refractivity contribution in [2.75, 3.05) is 0 Å². The molecule has 3 rings (SSSR count). The number of hydrogen-bond donors (Lipinski definition) is 0. The fourth-order valence-electron chi connectivity index (χ4n) is 2.03. The molecule has 1 heterocycles. The van der Waals surface area contributed by atoms with Gasteiger partial charge in [0.2, 0.25) is 0 Å². The van der Waals surface area contributed by atoms with Crippen molar-refractivity contribution in [2.45, 2.75) is 6.54 Å². The molecule has 2 aromatic carbocycles. The number of benzene rings is 2. The molecular weight excluding hydrogens is 268 g/mol. The lowest BCUT2D eigenvalue weighted by atomic mass is 10.2. The summed E-state index contributed by atoms with van der Waals surface area (Å²) < 4.78 is 1.71. The molecule has 0 N–H and O–H groups in total. The van der Waals surface area contributed by atoms with E-state index < -0.39 is 4.92 Å². The van der Waals surface area contributed by atoms with E-state index in [9.17, 15) is 10.1 Å². The average Bonchev–Trinajstić information content (AvgIpc) is 2.97. The van der Waals surface area contributed by atoms with Crippen molar-refractivity contribution >= 4 is 5.69 Å². The minimum Gasteiger partial charge on any atom is -0.258 e. The third-order valence-electron chi connectivity index (χ3n) is 3.10. The Labute approximate surface area is 120 Å². The van der Waals surface area contributed by atoms with Gasteiger partial charge < -0.3 is 0 Å². The van der Waals surface area contributed by atoms with Gasteiger partial charge >= 0.3 is 0 Å². The van der Waals surface area contributed by atoms with Crippen molar-refractivity contribution in [3.63, 3.8) is 0 Å². The van der Waals surface area contributed by atoms with Gasteiger partial charge in [0.05, 0.1) is 17.7 Å². The number of nitro groups is 1. The number of aromatic nitrogens is 3. The number of rotatable bonds is 4. The molecule has 0 saturated carbocycles. The van der Waals surface area contributed by atoms with E-state index in [0.717, 1.165) is 16.8 Å². The van der Waals surface area contributed by atoms with Gasteiger partial charge in [0.25, 0.3) is 5.69 Å². The molecule has 0 unspecified atom stereocenters. The van der Waals surface area contributed by atoms with Crippen LogP contribution in [0.4, 0.5) is 5.69 Å². The lowest BCUT2D eigenvalue weighted by Crippen LogP contribution is -2.00. The zero-order valence-electron chi connectivity index (χ0n) is 11.1. The van der Waals surface area contributed by atoms with Crippen molar-refractivity contribution in [2.24, 2.45) is 0 Å². The molecule has 0 aliphatic heterocycles. The molecule has 0 aliphatic carbocycles. The Kier molecular flexibility index (Phi) is 3.42. The highest BCUT2D eigenvalue weighted by Crippen LogP contribution is 2.16. The van der Waals surface area contributed by atoms with Crippen LogP contribution in [0.3, 0.4) is 0 Å². The van der Waals surface area contributed by atoms with Crippen molar-refractivity contribution in [3.8, 4) is 11.3 Å². The van der Waals surface area contributed by atoms with Crippen LogP contribution in [0.25, 0.3) is 11.3 Å². The van der Waals surface area contributed by atoms with Gasteiger partial charge in [-0.15, -0.1) is 5.10 Å². The smallest absolute Gasteiger partial charge is 0.258 e.